The normalized spacial score (nSPS) is 20.8. The smallest absolute Gasteiger partial charge is 0.326 e. The number of carboxylic acid groups (broad SMARTS) is 1. The highest BCUT2D eigenvalue weighted by molar-refractivity contribution is 6.32. The minimum atomic E-state index is -1.52. The Bertz CT molecular complexity index is 2090. The van der Waals surface area contributed by atoms with Crippen LogP contribution < -0.4 is 24.3 Å². The van der Waals surface area contributed by atoms with E-state index >= 15 is 0 Å². The van der Waals surface area contributed by atoms with Crippen LogP contribution in [0.4, 0.5) is 0 Å². The quantitative estimate of drug-likeness (QED) is 0.0824. The summed E-state index contributed by atoms with van der Waals surface area (Å²) in [6.45, 7) is 5.77. The largest absolute Gasteiger partial charge is 0.493 e. The van der Waals surface area contributed by atoms with E-state index in [0.717, 1.165) is 80.2 Å². The van der Waals surface area contributed by atoms with Crippen molar-refractivity contribution in [3.63, 3.8) is 0 Å². The fraction of sp³-hybridized carbons (Fsp3) is 0.457. The van der Waals surface area contributed by atoms with Crippen molar-refractivity contribution < 1.29 is 39.1 Å². The van der Waals surface area contributed by atoms with Gasteiger partial charge >= 0.3 is 5.97 Å². The van der Waals surface area contributed by atoms with Crippen molar-refractivity contribution in [3.05, 3.63) is 104 Å². The Balaban J connectivity index is 1.09. The topological polar surface area (TPSA) is 127 Å². The van der Waals surface area contributed by atoms with E-state index in [2.05, 4.69) is 41.7 Å². The van der Waals surface area contributed by atoms with Crippen LogP contribution >= 0.6 is 23.2 Å². The molecule has 0 unspecified atom stereocenters. The fourth-order valence-corrected chi connectivity index (χ4v) is 9.18. The maximum atomic E-state index is 11.7. The number of aliphatic carboxylic acids is 1. The number of aryl methyl sites for hydroxylation is 1. The molecule has 0 heterocycles. The first-order valence-electron chi connectivity index (χ1n) is 20.3. The molecule has 0 spiro atoms. The lowest BCUT2D eigenvalue weighted by atomic mass is 9.91. The Morgan fingerprint density at radius 3 is 1.82 bits per heavy atom. The summed E-state index contributed by atoms with van der Waals surface area (Å²) in [5, 5.41) is 33.5. The van der Waals surface area contributed by atoms with E-state index in [0.29, 0.717) is 52.0 Å². The predicted molar refractivity (Wildman–Crippen MR) is 222 cm³/mol. The van der Waals surface area contributed by atoms with Gasteiger partial charge in [0.25, 0.3) is 0 Å². The molecular formula is C46H53Cl2NO8. The Labute approximate surface area is 345 Å². The summed E-state index contributed by atoms with van der Waals surface area (Å²) in [4.78, 5) is 11.7. The zero-order valence-corrected chi connectivity index (χ0v) is 34.4. The first-order valence-corrected chi connectivity index (χ1v) is 21.0. The predicted octanol–water partition coefficient (Wildman–Crippen LogP) is 9.61. The molecule has 3 aliphatic carbocycles. The molecule has 4 aromatic rings. The molecule has 1 fully saturated rings. The van der Waals surface area contributed by atoms with Gasteiger partial charge in [0.15, 0.2) is 0 Å². The molecule has 57 heavy (non-hydrogen) atoms. The zero-order chi connectivity index (χ0) is 40.3. The van der Waals surface area contributed by atoms with Gasteiger partial charge in [-0.2, -0.15) is 0 Å². The van der Waals surface area contributed by atoms with Crippen molar-refractivity contribution in [1.82, 2.24) is 5.32 Å². The highest BCUT2D eigenvalue weighted by atomic mass is 35.5. The Morgan fingerprint density at radius 2 is 1.33 bits per heavy atom. The van der Waals surface area contributed by atoms with Gasteiger partial charge in [0.05, 0.1) is 36.0 Å². The van der Waals surface area contributed by atoms with E-state index in [1.54, 1.807) is 12.1 Å². The van der Waals surface area contributed by atoms with E-state index in [4.69, 9.17) is 42.1 Å². The van der Waals surface area contributed by atoms with Gasteiger partial charge in [-0.3, -0.25) is 10.1 Å². The highest BCUT2D eigenvalue weighted by Crippen LogP contribution is 2.47. The second kappa shape index (κ2) is 17.9. The first-order chi connectivity index (χ1) is 27.5. The van der Waals surface area contributed by atoms with Crippen LogP contribution in [0.25, 0.3) is 11.1 Å². The van der Waals surface area contributed by atoms with E-state index in [1.165, 1.54) is 29.2 Å². The summed E-state index contributed by atoms with van der Waals surface area (Å²) in [7, 11) is 0. The van der Waals surface area contributed by atoms with Crippen molar-refractivity contribution in [2.45, 2.75) is 109 Å². The molecular weight excluding hydrogens is 765 g/mol. The van der Waals surface area contributed by atoms with Crippen LogP contribution in [0, 0.1) is 5.92 Å². The minimum absolute atomic E-state index is 0.127. The molecule has 0 saturated heterocycles. The number of carboxylic acids is 1. The maximum Gasteiger partial charge on any atom is 0.326 e. The fourth-order valence-electron chi connectivity index (χ4n) is 8.72. The summed E-state index contributed by atoms with van der Waals surface area (Å²) in [5.41, 5.74) is 7.40. The molecule has 0 aliphatic heterocycles. The molecule has 7 rings (SSSR count). The number of aliphatic hydroxyl groups excluding tert-OH is 2. The average molecular weight is 819 g/mol. The lowest BCUT2D eigenvalue weighted by Gasteiger charge is -2.25. The van der Waals surface area contributed by atoms with Crippen LogP contribution in [0.2, 0.25) is 10.0 Å². The Hall–Kier alpha value is -3.99. The first kappa shape index (κ1) is 41.2. The van der Waals surface area contributed by atoms with Gasteiger partial charge in [0.2, 0.25) is 0 Å². The lowest BCUT2D eigenvalue weighted by Crippen LogP contribution is -2.52. The van der Waals surface area contributed by atoms with E-state index in [-0.39, 0.29) is 24.9 Å². The van der Waals surface area contributed by atoms with Crippen molar-refractivity contribution >= 4 is 29.2 Å². The molecule has 0 aromatic heterocycles. The third-order valence-electron chi connectivity index (χ3n) is 12.0. The zero-order valence-electron chi connectivity index (χ0n) is 32.9. The van der Waals surface area contributed by atoms with Crippen LogP contribution in [0.3, 0.4) is 0 Å². The van der Waals surface area contributed by atoms with E-state index in [1.807, 2.05) is 26.0 Å². The molecule has 0 radical (unpaired) electrons. The third kappa shape index (κ3) is 8.74. The number of benzene rings is 4. The Kier molecular flexibility index (Phi) is 12.9. The van der Waals surface area contributed by atoms with Crippen molar-refractivity contribution in [1.29, 1.82) is 0 Å². The number of fused-ring (bicyclic) bond motifs is 2. The molecule has 3 aliphatic rings. The number of carbonyl (C=O) groups is 1. The molecule has 4 aromatic carbocycles. The van der Waals surface area contributed by atoms with Gasteiger partial charge in [0.1, 0.15) is 40.7 Å². The number of ether oxygens (including phenoxy) is 4. The van der Waals surface area contributed by atoms with Gasteiger partial charge in [0, 0.05) is 24.2 Å². The summed E-state index contributed by atoms with van der Waals surface area (Å²) >= 11 is 13.7. The number of aliphatic hydroxyl groups is 2. The lowest BCUT2D eigenvalue weighted by molar-refractivity contribution is -0.145. The van der Waals surface area contributed by atoms with Crippen molar-refractivity contribution in [2.24, 2.45) is 5.92 Å². The average Bonchev–Trinajstić information content (AvgIpc) is 3.94. The van der Waals surface area contributed by atoms with Crippen molar-refractivity contribution in [3.8, 4) is 34.1 Å². The molecule has 0 amide bonds. The molecule has 304 valence electrons. The number of hydrogen-bond donors (Lipinski definition) is 4. The second-order valence-corrected chi connectivity index (χ2v) is 16.4. The van der Waals surface area contributed by atoms with Crippen molar-refractivity contribution in [2.75, 3.05) is 19.8 Å². The van der Waals surface area contributed by atoms with Gasteiger partial charge in [-0.25, -0.2) is 0 Å². The summed E-state index contributed by atoms with van der Waals surface area (Å²) in [5.74, 6) is 1.59. The molecule has 1 saturated carbocycles. The summed E-state index contributed by atoms with van der Waals surface area (Å²) < 4.78 is 25.3. The highest BCUT2D eigenvalue weighted by Gasteiger charge is 2.34. The third-order valence-corrected chi connectivity index (χ3v) is 12.5. The second-order valence-electron chi connectivity index (χ2n) is 15.6. The maximum absolute atomic E-state index is 11.7. The van der Waals surface area contributed by atoms with Crippen LogP contribution in [0.5, 0.6) is 23.0 Å². The Morgan fingerprint density at radius 1 is 0.789 bits per heavy atom. The van der Waals surface area contributed by atoms with Gasteiger partial charge in [-0.15, -0.1) is 0 Å². The monoisotopic (exact) mass is 817 g/mol. The van der Waals surface area contributed by atoms with E-state index < -0.39 is 18.1 Å². The van der Waals surface area contributed by atoms with Crippen LogP contribution in [0.15, 0.2) is 60.7 Å². The molecule has 4 N–H and O–H groups in total. The number of rotatable bonds is 17. The minimum Gasteiger partial charge on any atom is -0.493 e. The molecule has 9 nitrogen and oxygen atoms in total. The number of nitrogens with one attached hydrogen (secondary N) is 1. The molecule has 0 bridgehead atoms. The SMILES string of the molecule is CCOc1cc(O[C@H]2CCc3c(-c4cccc5c4CC[C@@H]5Oc4cc(OCC)c(CN[C@@](C)(CO)C(=O)O)cc4Cl)cccc32)c(Cl)cc1CC[C@@H]1CCC[C@@H]1O. The van der Waals surface area contributed by atoms with E-state index in [9.17, 15) is 20.1 Å². The van der Waals surface area contributed by atoms with Crippen LogP contribution in [-0.2, 0) is 30.6 Å². The molecule has 11 heteroatoms. The van der Waals surface area contributed by atoms with Crippen LogP contribution in [0.1, 0.15) is 105 Å². The molecule has 5 atom stereocenters. The van der Waals surface area contributed by atoms with Gasteiger partial charge < -0.3 is 34.3 Å². The van der Waals surface area contributed by atoms with Crippen LogP contribution in [-0.4, -0.2) is 52.8 Å². The van der Waals surface area contributed by atoms with Gasteiger partial charge in [-0.1, -0.05) is 66.0 Å². The summed E-state index contributed by atoms with van der Waals surface area (Å²) in [6.07, 6.45) is 7.47. The number of hydrogen-bond acceptors (Lipinski definition) is 8. The number of halogens is 2. The van der Waals surface area contributed by atoms with Gasteiger partial charge in [-0.05, 0) is 129 Å². The standard InChI is InChI=1S/C46H53Cl2NO8/c1-4-54-41-23-43(36(47)21-28(41)16-15-27-9-6-14-38(27)51)56-39-19-17-32-30(10-7-12-34(32)39)31-11-8-13-35-33(31)18-20-40(35)57-44-24-42(55-5-2)29(22-37(44)48)25-49-46(3,26-50)45(52)53/h7-8,10-13,21-24,27,38-40,49-51H,4-6,9,14-20,25-26H2,1-3H3,(H,52,53)/t27-,38-,39-,40-,46-/m0/s1. The summed E-state index contributed by atoms with van der Waals surface area (Å²) in [6, 6.07) is 20.3.